The van der Waals surface area contributed by atoms with Gasteiger partial charge in [0.2, 0.25) is 5.91 Å². The number of aromatic nitrogens is 2. The first kappa shape index (κ1) is 22.8. The lowest BCUT2D eigenvalue weighted by Gasteiger charge is -2.23. The highest BCUT2D eigenvalue weighted by atomic mass is 16.1. The van der Waals surface area contributed by atoms with Gasteiger partial charge in [-0.05, 0) is 49.4 Å². The summed E-state index contributed by atoms with van der Waals surface area (Å²) in [5, 5.41) is 11.1. The van der Waals surface area contributed by atoms with Crippen LogP contribution in [0.4, 0.5) is 5.69 Å². The number of hydrogen-bond donors (Lipinski definition) is 2. The smallest absolute Gasteiger partial charge is 0.238 e. The number of carbonyl (C=O) groups excluding carboxylic acids is 1. The summed E-state index contributed by atoms with van der Waals surface area (Å²) in [5.74, 6) is 0.307. The van der Waals surface area contributed by atoms with E-state index in [0.717, 1.165) is 35.6 Å². The van der Waals surface area contributed by atoms with E-state index in [1.807, 2.05) is 48.9 Å². The van der Waals surface area contributed by atoms with Gasteiger partial charge < -0.3 is 10.6 Å². The molecule has 1 atom stereocenters. The van der Waals surface area contributed by atoms with Gasteiger partial charge in [-0.15, -0.1) is 0 Å². The maximum absolute atomic E-state index is 12.7. The summed E-state index contributed by atoms with van der Waals surface area (Å²) in [6.45, 7) is 10.7. The number of benzene rings is 2. The molecule has 5 heteroatoms. The van der Waals surface area contributed by atoms with Crippen LogP contribution in [0.15, 0.2) is 54.6 Å². The topological polar surface area (TPSA) is 59.0 Å². The molecule has 3 rings (SSSR count). The molecule has 3 aromatic rings. The summed E-state index contributed by atoms with van der Waals surface area (Å²) in [5.41, 5.74) is 6.05. The van der Waals surface area contributed by atoms with Crippen molar-refractivity contribution in [2.45, 2.75) is 53.5 Å². The van der Waals surface area contributed by atoms with Gasteiger partial charge in [0, 0.05) is 6.04 Å². The van der Waals surface area contributed by atoms with Crippen LogP contribution in [-0.2, 0) is 11.2 Å². The van der Waals surface area contributed by atoms with Gasteiger partial charge in [0.05, 0.1) is 29.3 Å². The van der Waals surface area contributed by atoms with Crippen LogP contribution >= 0.6 is 0 Å². The fourth-order valence-corrected chi connectivity index (χ4v) is 3.95. The molecule has 0 aliphatic carbocycles. The number of aryl methyl sites for hydroxylation is 2. The van der Waals surface area contributed by atoms with E-state index in [1.54, 1.807) is 0 Å². The highest BCUT2D eigenvalue weighted by Gasteiger charge is 2.19. The van der Waals surface area contributed by atoms with Crippen molar-refractivity contribution in [1.82, 2.24) is 15.1 Å². The van der Waals surface area contributed by atoms with E-state index >= 15 is 0 Å². The number of carbonyl (C=O) groups is 1. The van der Waals surface area contributed by atoms with Crippen molar-refractivity contribution in [2.75, 3.05) is 11.9 Å². The average Bonchev–Trinajstić information content (AvgIpc) is 3.04. The standard InChI is InChI=1S/C26H34N4O/c1-6-10-21-13-15-22(16-14-21)25(18(2)3)27-17-24(31)28-26-19(4)29-30(20(26)5)23-11-8-7-9-12-23/h7-9,11-16,18,25,27H,6,10,17H2,1-5H3,(H,28,31)/t25-/m0/s1. The summed E-state index contributed by atoms with van der Waals surface area (Å²) in [7, 11) is 0. The molecule has 0 spiro atoms. The van der Waals surface area contributed by atoms with Crippen LogP contribution in [0.3, 0.4) is 0 Å². The molecular formula is C26H34N4O. The molecule has 1 aromatic heterocycles. The van der Waals surface area contributed by atoms with E-state index in [2.05, 4.69) is 60.8 Å². The Morgan fingerprint density at radius 3 is 2.32 bits per heavy atom. The summed E-state index contributed by atoms with van der Waals surface area (Å²) in [4.78, 5) is 12.7. The molecule has 2 N–H and O–H groups in total. The molecule has 0 bridgehead atoms. The Bertz CT molecular complexity index is 990. The average molecular weight is 419 g/mol. The molecule has 1 heterocycles. The molecule has 0 unspecified atom stereocenters. The Hall–Kier alpha value is -2.92. The largest absolute Gasteiger partial charge is 0.322 e. The fourth-order valence-electron chi connectivity index (χ4n) is 3.95. The second-order valence-corrected chi connectivity index (χ2v) is 8.44. The third-order valence-corrected chi connectivity index (χ3v) is 5.58. The monoisotopic (exact) mass is 418 g/mol. The maximum Gasteiger partial charge on any atom is 0.238 e. The van der Waals surface area contributed by atoms with Crippen LogP contribution in [0.5, 0.6) is 0 Å². The second kappa shape index (κ2) is 10.4. The summed E-state index contributed by atoms with van der Waals surface area (Å²) >= 11 is 0. The van der Waals surface area contributed by atoms with E-state index < -0.39 is 0 Å². The highest BCUT2D eigenvalue weighted by Crippen LogP contribution is 2.24. The zero-order valence-electron chi connectivity index (χ0n) is 19.3. The zero-order valence-corrected chi connectivity index (χ0v) is 19.3. The van der Waals surface area contributed by atoms with Crippen LogP contribution < -0.4 is 10.6 Å². The minimum Gasteiger partial charge on any atom is -0.322 e. The number of hydrogen-bond acceptors (Lipinski definition) is 3. The maximum atomic E-state index is 12.7. The van der Waals surface area contributed by atoms with Gasteiger partial charge in [0.1, 0.15) is 0 Å². The van der Waals surface area contributed by atoms with Crippen molar-refractivity contribution in [3.8, 4) is 5.69 Å². The predicted molar refractivity (Wildman–Crippen MR) is 128 cm³/mol. The van der Waals surface area contributed by atoms with Crippen molar-refractivity contribution >= 4 is 11.6 Å². The van der Waals surface area contributed by atoms with Crippen LogP contribution in [0.2, 0.25) is 0 Å². The van der Waals surface area contributed by atoms with Crippen molar-refractivity contribution < 1.29 is 4.79 Å². The van der Waals surface area contributed by atoms with E-state index in [4.69, 9.17) is 0 Å². The van der Waals surface area contributed by atoms with E-state index in [-0.39, 0.29) is 18.5 Å². The van der Waals surface area contributed by atoms with Gasteiger partial charge in [-0.2, -0.15) is 5.10 Å². The minimum absolute atomic E-state index is 0.0629. The molecule has 31 heavy (non-hydrogen) atoms. The molecule has 1 amide bonds. The first-order chi connectivity index (χ1) is 14.9. The molecule has 0 aliphatic rings. The number of para-hydroxylation sites is 1. The lowest BCUT2D eigenvalue weighted by molar-refractivity contribution is -0.115. The van der Waals surface area contributed by atoms with Gasteiger partial charge in [-0.25, -0.2) is 4.68 Å². The van der Waals surface area contributed by atoms with Crippen molar-refractivity contribution in [1.29, 1.82) is 0 Å². The number of rotatable bonds is 9. The number of nitrogens with zero attached hydrogens (tertiary/aromatic N) is 2. The molecule has 2 aromatic carbocycles. The molecule has 164 valence electrons. The molecule has 5 nitrogen and oxygen atoms in total. The van der Waals surface area contributed by atoms with Crippen molar-refractivity contribution in [3.63, 3.8) is 0 Å². The number of anilines is 1. The number of amides is 1. The van der Waals surface area contributed by atoms with Crippen LogP contribution in [0.25, 0.3) is 5.69 Å². The Morgan fingerprint density at radius 2 is 1.71 bits per heavy atom. The molecule has 0 fully saturated rings. The third-order valence-electron chi connectivity index (χ3n) is 5.58. The zero-order chi connectivity index (χ0) is 22.4. The van der Waals surface area contributed by atoms with Crippen LogP contribution in [0.1, 0.15) is 55.7 Å². The Morgan fingerprint density at radius 1 is 1.03 bits per heavy atom. The first-order valence-electron chi connectivity index (χ1n) is 11.1. The third kappa shape index (κ3) is 5.61. The summed E-state index contributed by atoms with van der Waals surface area (Å²) in [6.07, 6.45) is 2.24. The van der Waals surface area contributed by atoms with Crippen molar-refractivity contribution in [3.05, 3.63) is 77.1 Å². The van der Waals surface area contributed by atoms with E-state index in [9.17, 15) is 4.79 Å². The van der Waals surface area contributed by atoms with Gasteiger partial charge in [0.15, 0.2) is 0 Å². The Balaban J connectivity index is 1.67. The van der Waals surface area contributed by atoms with Crippen LogP contribution in [-0.4, -0.2) is 22.2 Å². The SMILES string of the molecule is CCCc1ccc([C@@H](NCC(=O)Nc2c(C)nn(-c3ccccc3)c2C)C(C)C)cc1. The second-order valence-electron chi connectivity index (χ2n) is 8.44. The fraction of sp³-hybridized carbons (Fsp3) is 0.385. The molecule has 0 radical (unpaired) electrons. The van der Waals surface area contributed by atoms with E-state index in [0.29, 0.717) is 5.92 Å². The molecule has 0 saturated heterocycles. The number of nitrogens with one attached hydrogen (secondary N) is 2. The lowest BCUT2D eigenvalue weighted by Crippen LogP contribution is -2.33. The van der Waals surface area contributed by atoms with Crippen molar-refractivity contribution in [2.24, 2.45) is 5.92 Å². The molecule has 0 saturated carbocycles. The Kier molecular flexibility index (Phi) is 7.64. The normalized spacial score (nSPS) is 12.2. The summed E-state index contributed by atoms with van der Waals surface area (Å²) in [6, 6.07) is 18.8. The molecule has 0 aliphatic heterocycles. The Labute approximate surface area is 185 Å². The predicted octanol–water partition coefficient (Wildman–Crippen LogP) is 5.37. The summed E-state index contributed by atoms with van der Waals surface area (Å²) < 4.78 is 1.87. The molecular weight excluding hydrogens is 384 g/mol. The first-order valence-corrected chi connectivity index (χ1v) is 11.1. The minimum atomic E-state index is -0.0629. The lowest BCUT2D eigenvalue weighted by atomic mass is 9.94. The van der Waals surface area contributed by atoms with E-state index in [1.165, 1.54) is 11.1 Å². The van der Waals surface area contributed by atoms with Gasteiger partial charge >= 0.3 is 0 Å². The van der Waals surface area contributed by atoms with Crippen LogP contribution in [0, 0.1) is 19.8 Å². The van der Waals surface area contributed by atoms with Gasteiger partial charge in [-0.1, -0.05) is 69.7 Å². The quantitative estimate of drug-likeness (QED) is 0.491. The van der Waals surface area contributed by atoms with Gasteiger partial charge in [0.25, 0.3) is 0 Å². The van der Waals surface area contributed by atoms with Gasteiger partial charge in [-0.3, -0.25) is 4.79 Å². The highest BCUT2D eigenvalue weighted by molar-refractivity contribution is 5.93.